The fourth-order valence-corrected chi connectivity index (χ4v) is 2.44. The average molecular weight is 377 g/mol. The van der Waals surface area contributed by atoms with Crippen molar-refractivity contribution in [3.63, 3.8) is 0 Å². The fourth-order valence-electron chi connectivity index (χ4n) is 2.44. The third-order valence-electron chi connectivity index (χ3n) is 4.07. The molecule has 151 valence electrons. The van der Waals surface area contributed by atoms with Gasteiger partial charge in [0.15, 0.2) is 6.29 Å². The lowest BCUT2D eigenvalue weighted by Crippen LogP contribution is -2.32. The van der Waals surface area contributed by atoms with Crippen LogP contribution in [0.3, 0.4) is 0 Å². The minimum absolute atomic E-state index is 0.230. The minimum Gasteiger partial charge on any atom is -0.386 e. The van der Waals surface area contributed by atoms with Gasteiger partial charge in [0.05, 0.1) is 0 Å². The van der Waals surface area contributed by atoms with Crippen molar-refractivity contribution in [3.8, 4) is 0 Å². The summed E-state index contributed by atoms with van der Waals surface area (Å²) in [6.45, 7) is 2.18. The normalized spacial score (nSPS) is 14.6. The molecule has 2 atom stereocenters. The van der Waals surface area contributed by atoms with Crippen LogP contribution in [-0.2, 0) is 4.79 Å². The van der Waals surface area contributed by atoms with Crippen molar-refractivity contribution < 1.29 is 14.8 Å². The average Bonchev–Trinajstić information content (AvgIpc) is 2.65. The van der Waals surface area contributed by atoms with Crippen LogP contribution in [0, 0.1) is 10.1 Å². The summed E-state index contributed by atoms with van der Waals surface area (Å²) >= 11 is 0. The zero-order chi connectivity index (χ0) is 20.2. The summed E-state index contributed by atoms with van der Waals surface area (Å²) in [7, 11) is 0. The van der Waals surface area contributed by atoms with E-state index in [9.17, 15) is 20.0 Å². The molecule has 27 heavy (non-hydrogen) atoms. The van der Waals surface area contributed by atoms with E-state index in [2.05, 4.69) is 19.1 Å². The lowest BCUT2D eigenvalue weighted by Gasteiger charge is -2.12. The largest absolute Gasteiger partial charge is 0.386 e. The Morgan fingerprint density at radius 1 is 0.926 bits per heavy atom. The quantitative estimate of drug-likeness (QED) is 0.163. The predicted molar refractivity (Wildman–Crippen MR) is 111 cm³/mol. The molecule has 0 rings (SSSR count). The Morgan fingerprint density at radius 3 is 2.11 bits per heavy atom. The highest BCUT2D eigenvalue weighted by Gasteiger charge is 2.27. The van der Waals surface area contributed by atoms with Gasteiger partial charge < -0.3 is 5.11 Å². The fraction of sp³-hybridized carbons (Fsp3) is 0.591. The summed E-state index contributed by atoms with van der Waals surface area (Å²) in [5.74, 6) is 0. The second-order valence-corrected chi connectivity index (χ2v) is 6.43. The van der Waals surface area contributed by atoms with Gasteiger partial charge in [0.25, 0.3) is 0 Å². The van der Waals surface area contributed by atoms with Crippen LogP contribution in [0.4, 0.5) is 0 Å². The number of hydrogen-bond acceptors (Lipinski definition) is 4. The maximum atomic E-state index is 11.2. The lowest BCUT2D eigenvalue weighted by molar-refractivity contribution is -0.533. The molecule has 0 amide bonds. The molecule has 0 aromatic rings. The molecule has 0 aromatic heterocycles. The number of nitrogens with zero attached hydrogens (tertiary/aromatic N) is 1. The second kappa shape index (κ2) is 18.8. The van der Waals surface area contributed by atoms with Gasteiger partial charge in [-0.2, -0.15) is 0 Å². The Labute approximate surface area is 163 Å². The van der Waals surface area contributed by atoms with E-state index >= 15 is 0 Å². The molecule has 0 fully saturated rings. The van der Waals surface area contributed by atoms with Crippen LogP contribution >= 0.6 is 0 Å². The monoisotopic (exact) mass is 376 g/mol. The van der Waals surface area contributed by atoms with Gasteiger partial charge >= 0.3 is 0 Å². The van der Waals surface area contributed by atoms with Gasteiger partial charge in [-0.25, -0.2) is 0 Å². The zero-order valence-corrected chi connectivity index (χ0v) is 16.5. The van der Waals surface area contributed by atoms with Crippen LogP contribution in [0.25, 0.3) is 0 Å². The van der Waals surface area contributed by atoms with Crippen molar-refractivity contribution in [2.24, 2.45) is 0 Å². The number of rotatable bonds is 17. The number of aliphatic hydroxyl groups excluding tert-OH is 1. The van der Waals surface area contributed by atoms with Crippen LogP contribution in [0.5, 0.6) is 0 Å². The highest BCUT2D eigenvalue weighted by Crippen LogP contribution is 2.10. The molecule has 0 aliphatic rings. The van der Waals surface area contributed by atoms with E-state index in [0.717, 1.165) is 12.8 Å². The number of nitro groups is 1. The first-order valence-corrected chi connectivity index (χ1v) is 9.90. The molecule has 0 aliphatic heterocycles. The van der Waals surface area contributed by atoms with E-state index in [1.54, 1.807) is 12.2 Å². The maximum absolute atomic E-state index is 11.2. The van der Waals surface area contributed by atoms with Crippen molar-refractivity contribution in [2.75, 3.05) is 0 Å². The van der Waals surface area contributed by atoms with Gasteiger partial charge in [-0.05, 0) is 38.5 Å². The van der Waals surface area contributed by atoms with E-state index in [4.69, 9.17) is 0 Å². The minimum atomic E-state index is -1.00. The van der Waals surface area contributed by atoms with Gasteiger partial charge in [-0.15, -0.1) is 0 Å². The van der Waals surface area contributed by atoms with E-state index < -0.39 is 17.1 Å². The molecule has 0 heterocycles. The van der Waals surface area contributed by atoms with Gasteiger partial charge in [0, 0.05) is 17.8 Å². The summed E-state index contributed by atoms with van der Waals surface area (Å²) in [6, 6.07) is -0.988. The van der Waals surface area contributed by atoms with Gasteiger partial charge in [0.1, 0.15) is 6.10 Å². The first-order valence-electron chi connectivity index (χ1n) is 9.90. The maximum Gasteiger partial charge on any atom is 0.242 e. The molecule has 1 radical (unpaired) electrons. The highest BCUT2D eigenvalue weighted by atomic mass is 16.6. The molecule has 0 bridgehead atoms. The summed E-state index contributed by atoms with van der Waals surface area (Å²) in [5, 5.41) is 21.2. The van der Waals surface area contributed by atoms with E-state index in [1.165, 1.54) is 19.3 Å². The molecule has 0 spiro atoms. The highest BCUT2D eigenvalue weighted by molar-refractivity contribution is 5.50. The van der Waals surface area contributed by atoms with Crippen molar-refractivity contribution >= 4 is 6.29 Å². The van der Waals surface area contributed by atoms with Crippen LogP contribution < -0.4 is 0 Å². The molecule has 2 unspecified atom stereocenters. The first-order chi connectivity index (χ1) is 13.1. The molecule has 0 saturated carbocycles. The second-order valence-electron chi connectivity index (χ2n) is 6.43. The van der Waals surface area contributed by atoms with Crippen LogP contribution in [0.2, 0.25) is 0 Å². The number of carbonyl (C=O) groups excluding carboxylic acids is 1. The smallest absolute Gasteiger partial charge is 0.242 e. The summed E-state index contributed by atoms with van der Waals surface area (Å²) in [4.78, 5) is 20.8. The van der Waals surface area contributed by atoms with E-state index in [-0.39, 0.29) is 12.8 Å². The summed E-state index contributed by atoms with van der Waals surface area (Å²) in [5.41, 5.74) is 0. The van der Waals surface area contributed by atoms with E-state index in [0.29, 0.717) is 19.3 Å². The lowest BCUT2D eigenvalue weighted by atomic mass is 10.0. The standard InChI is InChI=1S/C22H34NO4/c1-2-3-4-5-6-7-9-12-15-18-21(23(26)27)22(25)19-16-13-10-8-11-14-17-20-24/h6-8,11-13,15-16,21-22,25H,2-5,9-10,14,17-19H2,1H3/b7-6-,11-8-,15-12-,16-13-. The van der Waals surface area contributed by atoms with Crippen LogP contribution in [-0.4, -0.2) is 28.5 Å². The Bertz CT molecular complexity index is 495. The molecule has 5 heteroatoms. The molecular weight excluding hydrogens is 342 g/mol. The summed E-state index contributed by atoms with van der Waals surface area (Å²) in [6.07, 6.45) is 23.9. The third-order valence-corrected chi connectivity index (χ3v) is 4.07. The molecule has 1 N–H and O–H groups in total. The number of unbranched alkanes of at least 4 members (excludes halogenated alkanes) is 4. The summed E-state index contributed by atoms with van der Waals surface area (Å²) < 4.78 is 0. The van der Waals surface area contributed by atoms with Crippen LogP contribution in [0.1, 0.15) is 71.1 Å². The Hall–Kier alpha value is -2.01. The first kappa shape index (κ1) is 25.0. The Morgan fingerprint density at radius 2 is 1.52 bits per heavy atom. The van der Waals surface area contributed by atoms with Crippen molar-refractivity contribution in [2.45, 2.75) is 83.3 Å². The van der Waals surface area contributed by atoms with Crippen molar-refractivity contribution in [1.82, 2.24) is 0 Å². The number of allylic oxidation sites excluding steroid dienone is 6. The molecule has 5 nitrogen and oxygen atoms in total. The number of hydrogen-bond donors (Lipinski definition) is 1. The Kier molecular flexibility index (Phi) is 17.4. The molecule has 0 aromatic carbocycles. The molecule has 0 saturated heterocycles. The molecular formula is C22H34NO4. The van der Waals surface area contributed by atoms with Gasteiger partial charge in [-0.1, -0.05) is 68.4 Å². The topological polar surface area (TPSA) is 80.4 Å². The van der Waals surface area contributed by atoms with Crippen molar-refractivity contribution in [3.05, 3.63) is 58.7 Å². The Balaban J connectivity index is 4.11. The predicted octanol–water partition coefficient (Wildman–Crippen LogP) is 5.25. The van der Waals surface area contributed by atoms with Gasteiger partial charge in [-0.3, -0.25) is 14.9 Å². The third kappa shape index (κ3) is 15.9. The SMILES string of the molecule is CCCCC/C=C\C/C=C\CC(C(O)C/C=C\C/C=C\CC[C]=O)[N+](=O)[O-]. The zero-order valence-electron chi connectivity index (χ0n) is 16.5. The number of aliphatic hydroxyl groups is 1. The van der Waals surface area contributed by atoms with Crippen molar-refractivity contribution in [1.29, 1.82) is 0 Å². The van der Waals surface area contributed by atoms with Gasteiger partial charge in [0.2, 0.25) is 6.04 Å². The van der Waals surface area contributed by atoms with Crippen LogP contribution in [0.15, 0.2) is 48.6 Å². The molecule has 0 aliphatic carbocycles. The van der Waals surface area contributed by atoms with E-state index in [1.807, 2.05) is 30.6 Å².